The van der Waals surface area contributed by atoms with Gasteiger partial charge in [0.25, 0.3) is 0 Å². The molecule has 4 aromatic rings. The summed E-state index contributed by atoms with van der Waals surface area (Å²) in [6.07, 6.45) is 0. The molecule has 4 rings (SSSR count). The number of nitrogen functional groups attached to an aromatic ring is 2. The second-order valence-electron chi connectivity index (χ2n) is 6.67. The van der Waals surface area contributed by atoms with E-state index < -0.39 is 21.3 Å². The number of rotatable bonds is 6. The Morgan fingerprint density at radius 1 is 0.677 bits per heavy atom. The lowest BCUT2D eigenvalue weighted by Gasteiger charge is -2.06. The van der Waals surface area contributed by atoms with Crippen molar-refractivity contribution in [3.8, 4) is 22.8 Å². The van der Waals surface area contributed by atoms with Crippen LogP contribution in [0, 0.1) is 0 Å². The fourth-order valence-electron chi connectivity index (χ4n) is 2.88. The van der Waals surface area contributed by atoms with Crippen molar-refractivity contribution >= 4 is 33.0 Å². The second kappa shape index (κ2) is 8.17. The van der Waals surface area contributed by atoms with Crippen LogP contribution in [0.4, 0.5) is 0 Å². The first kappa shape index (κ1) is 21.1. The molecule has 2 heterocycles. The summed E-state index contributed by atoms with van der Waals surface area (Å²) in [7, 11) is -3.73. The molecule has 2 aromatic heterocycles. The summed E-state index contributed by atoms with van der Waals surface area (Å²) in [6.45, 7) is 0. The highest BCUT2D eigenvalue weighted by Gasteiger charge is 2.23. The van der Waals surface area contributed by atoms with Crippen molar-refractivity contribution in [3.63, 3.8) is 0 Å². The van der Waals surface area contributed by atoms with Crippen molar-refractivity contribution in [3.05, 3.63) is 70.2 Å². The Kier molecular flexibility index (Phi) is 5.56. The zero-order valence-corrected chi connectivity index (χ0v) is 18.2. The third-order valence-corrected chi connectivity index (χ3v) is 6.34. The molecule has 0 radical (unpaired) electrons. The molecular weight excluding hydrogens is 463 g/mol. The SMILES string of the molecule is Nn1c(CS(=O)(=O)Cc2nnc(-c3ccc(Cl)cc3)n2N)nnc1-c1ccc(Cl)cc1. The lowest BCUT2D eigenvalue weighted by Crippen LogP contribution is -2.21. The lowest BCUT2D eigenvalue weighted by molar-refractivity contribution is 0.589. The average molecular weight is 479 g/mol. The molecule has 0 aliphatic carbocycles. The predicted octanol–water partition coefficient (Wildman–Crippen LogP) is 2.05. The van der Waals surface area contributed by atoms with Gasteiger partial charge in [0, 0.05) is 21.2 Å². The van der Waals surface area contributed by atoms with Crippen LogP contribution in [0.5, 0.6) is 0 Å². The number of nitrogens with zero attached hydrogens (tertiary/aromatic N) is 6. The normalized spacial score (nSPS) is 11.7. The van der Waals surface area contributed by atoms with Crippen LogP contribution < -0.4 is 11.7 Å². The minimum atomic E-state index is -3.73. The van der Waals surface area contributed by atoms with Gasteiger partial charge in [-0.25, -0.2) is 17.8 Å². The highest BCUT2D eigenvalue weighted by molar-refractivity contribution is 7.89. The molecule has 0 unspecified atom stereocenters. The Morgan fingerprint density at radius 2 is 1.03 bits per heavy atom. The van der Waals surface area contributed by atoms with Gasteiger partial charge in [-0.2, -0.15) is 0 Å². The van der Waals surface area contributed by atoms with Gasteiger partial charge in [-0.1, -0.05) is 23.2 Å². The zero-order chi connectivity index (χ0) is 22.2. The Balaban J connectivity index is 1.54. The summed E-state index contributed by atoms with van der Waals surface area (Å²) in [6, 6.07) is 13.5. The summed E-state index contributed by atoms with van der Waals surface area (Å²) in [5, 5.41) is 16.9. The van der Waals surface area contributed by atoms with Gasteiger partial charge in [0.1, 0.15) is 11.5 Å². The molecule has 0 aliphatic rings. The topological polar surface area (TPSA) is 148 Å². The highest BCUT2D eigenvalue weighted by Crippen LogP contribution is 2.22. The van der Waals surface area contributed by atoms with Crippen LogP contribution in [0.1, 0.15) is 11.6 Å². The summed E-state index contributed by atoms with van der Waals surface area (Å²) in [4.78, 5) is 0. The quantitative estimate of drug-likeness (QED) is 0.400. The summed E-state index contributed by atoms with van der Waals surface area (Å²) >= 11 is 11.8. The molecule has 31 heavy (non-hydrogen) atoms. The third-order valence-electron chi connectivity index (χ3n) is 4.44. The highest BCUT2D eigenvalue weighted by atomic mass is 35.5. The average Bonchev–Trinajstić information content (AvgIpc) is 3.26. The molecule has 10 nitrogen and oxygen atoms in total. The Hall–Kier alpha value is -3.15. The minimum absolute atomic E-state index is 0.0750. The van der Waals surface area contributed by atoms with E-state index in [0.717, 1.165) is 9.35 Å². The molecule has 0 spiro atoms. The van der Waals surface area contributed by atoms with Gasteiger partial charge < -0.3 is 11.7 Å². The Morgan fingerprint density at radius 3 is 1.39 bits per heavy atom. The van der Waals surface area contributed by atoms with Crippen LogP contribution in [0.25, 0.3) is 22.8 Å². The van der Waals surface area contributed by atoms with Crippen molar-refractivity contribution in [1.29, 1.82) is 0 Å². The Bertz CT molecular complexity index is 1230. The van der Waals surface area contributed by atoms with E-state index in [1.165, 1.54) is 0 Å². The standard InChI is InChI=1S/C18H16Cl2N8O2S/c19-13-5-1-11(2-6-13)17-25-23-15(27(17)21)9-31(29,30)10-16-24-26-18(28(16)22)12-3-7-14(20)8-4-12/h1-8H,9-10,21-22H2. The number of benzene rings is 2. The van der Waals surface area contributed by atoms with Crippen LogP contribution in [0.3, 0.4) is 0 Å². The number of hydrogen-bond acceptors (Lipinski definition) is 8. The van der Waals surface area contributed by atoms with Gasteiger partial charge in [-0.15, -0.1) is 20.4 Å². The lowest BCUT2D eigenvalue weighted by atomic mass is 10.2. The van der Waals surface area contributed by atoms with Crippen LogP contribution in [0.2, 0.25) is 10.0 Å². The van der Waals surface area contributed by atoms with Crippen LogP contribution in [-0.4, -0.2) is 38.2 Å². The molecule has 13 heteroatoms. The van der Waals surface area contributed by atoms with E-state index >= 15 is 0 Å². The number of halogens is 2. The summed E-state index contributed by atoms with van der Waals surface area (Å²) in [5.74, 6) is 11.9. The van der Waals surface area contributed by atoms with E-state index in [1.807, 2.05) is 0 Å². The van der Waals surface area contributed by atoms with Gasteiger partial charge in [-0.05, 0) is 48.5 Å². The monoisotopic (exact) mass is 478 g/mol. The molecular formula is C18H16Cl2N8O2S. The van der Waals surface area contributed by atoms with Gasteiger partial charge >= 0.3 is 0 Å². The van der Waals surface area contributed by atoms with Crippen molar-refractivity contribution in [2.75, 3.05) is 11.7 Å². The minimum Gasteiger partial charge on any atom is -0.336 e. The molecule has 160 valence electrons. The van der Waals surface area contributed by atoms with Gasteiger partial charge in [-0.3, -0.25) is 0 Å². The second-order valence-corrected chi connectivity index (χ2v) is 9.60. The molecule has 0 saturated heterocycles. The van der Waals surface area contributed by atoms with Crippen LogP contribution >= 0.6 is 23.2 Å². The van der Waals surface area contributed by atoms with Gasteiger partial charge in [0.15, 0.2) is 33.1 Å². The maximum Gasteiger partial charge on any atom is 0.182 e. The first-order chi connectivity index (χ1) is 14.7. The molecule has 0 saturated carbocycles. The van der Waals surface area contributed by atoms with Crippen LogP contribution in [-0.2, 0) is 21.3 Å². The van der Waals surface area contributed by atoms with E-state index in [-0.39, 0.29) is 11.6 Å². The van der Waals surface area contributed by atoms with Crippen molar-refractivity contribution < 1.29 is 8.42 Å². The summed E-state index contributed by atoms with van der Waals surface area (Å²) in [5.41, 5.74) is 1.30. The van der Waals surface area contributed by atoms with E-state index in [4.69, 9.17) is 34.9 Å². The smallest absolute Gasteiger partial charge is 0.182 e. The van der Waals surface area contributed by atoms with Crippen molar-refractivity contribution in [2.45, 2.75) is 11.5 Å². The molecule has 4 N–H and O–H groups in total. The van der Waals surface area contributed by atoms with Crippen LogP contribution in [0.15, 0.2) is 48.5 Å². The molecule has 0 bridgehead atoms. The van der Waals surface area contributed by atoms with E-state index in [2.05, 4.69) is 20.4 Å². The molecule has 0 atom stereocenters. The number of aromatic nitrogens is 6. The first-order valence-corrected chi connectivity index (χ1v) is 11.4. The maximum atomic E-state index is 12.7. The number of nitrogens with two attached hydrogens (primary N) is 2. The molecule has 2 aromatic carbocycles. The largest absolute Gasteiger partial charge is 0.336 e. The number of hydrogen-bond donors (Lipinski definition) is 2. The molecule has 0 amide bonds. The molecule has 0 aliphatic heterocycles. The van der Waals surface area contributed by atoms with E-state index in [0.29, 0.717) is 32.8 Å². The van der Waals surface area contributed by atoms with E-state index in [1.54, 1.807) is 48.5 Å². The Labute approximate surface area is 187 Å². The van der Waals surface area contributed by atoms with E-state index in [9.17, 15) is 8.42 Å². The first-order valence-electron chi connectivity index (χ1n) is 8.84. The molecule has 0 fully saturated rings. The zero-order valence-electron chi connectivity index (χ0n) is 15.9. The fourth-order valence-corrected chi connectivity index (χ4v) is 4.41. The summed E-state index contributed by atoms with van der Waals surface area (Å²) < 4.78 is 27.8. The van der Waals surface area contributed by atoms with Gasteiger partial charge in [0.2, 0.25) is 0 Å². The maximum absolute atomic E-state index is 12.7. The van der Waals surface area contributed by atoms with Crippen molar-refractivity contribution in [2.24, 2.45) is 0 Å². The van der Waals surface area contributed by atoms with Crippen molar-refractivity contribution in [1.82, 2.24) is 29.7 Å². The number of sulfone groups is 1. The fraction of sp³-hybridized carbons (Fsp3) is 0.111. The predicted molar refractivity (Wildman–Crippen MR) is 118 cm³/mol. The van der Waals surface area contributed by atoms with Gasteiger partial charge in [0.05, 0.1) is 0 Å². The third kappa shape index (κ3) is 4.48.